The number of carbonyl (C=O) groups is 1. The number of halogens is 1. The minimum absolute atomic E-state index is 0.214. The largest absolute Gasteiger partial charge is 0.484 e. The van der Waals surface area contributed by atoms with Crippen LogP contribution in [0.1, 0.15) is 15.9 Å². The molecule has 7 nitrogen and oxygen atoms in total. The molecule has 0 aliphatic rings. The Morgan fingerprint density at radius 2 is 1.86 bits per heavy atom. The van der Waals surface area contributed by atoms with Crippen LogP contribution >= 0.6 is 11.6 Å². The highest BCUT2D eigenvalue weighted by atomic mass is 35.5. The average Bonchev–Trinajstić information content (AvgIpc) is 2.59. The molecule has 9 heteroatoms. The lowest BCUT2D eigenvalue weighted by atomic mass is 10.1. The summed E-state index contributed by atoms with van der Waals surface area (Å²) in [5.41, 5.74) is 1.24. The van der Waals surface area contributed by atoms with E-state index < -0.39 is 15.6 Å². The van der Waals surface area contributed by atoms with Crippen molar-refractivity contribution in [3.63, 3.8) is 0 Å². The van der Waals surface area contributed by atoms with Crippen molar-refractivity contribution in [2.45, 2.75) is 6.92 Å². The first kappa shape index (κ1) is 19.9. The van der Waals surface area contributed by atoms with Gasteiger partial charge < -0.3 is 9.15 Å². The van der Waals surface area contributed by atoms with Gasteiger partial charge in [-0.05, 0) is 42.8 Å². The normalized spacial score (nSPS) is 11.4. The van der Waals surface area contributed by atoms with E-state index in [1.165, 1.54) is 36.4 Å². The minimum atomic E-state index is -3.39. The molecule has 0 amide bonds. The monoisotopic (exact) mass is 421 g/mol. The summed E-state index contributed by atoms with van der Waals surface area (Å²) in [7, 11) is -3.39. The van der Waals surface area contributed by atoms with Crippen LogP contribution in [-0.2, 0) is 10.0 Å². The van der Waals surface area contributed by atoms with Crippen LogP contribution in [0.5, 0.6) is 5.75 Å². The van der Waals surface area contributed by atoms with Gasteiger partial charge in [-0.2, -0.15) is 0 Å². The molecule has 146 valence electrons. The van der Waals surface area contributed by atoms with Crippen LogP contribution in [0.2, 0.25) is 5.02 Å². The average molecular weight is 422 g/mol. The highest BCUT2D eigenvalue weighted by molar-refractivity contribution is 7.92. The SMILES string of the molecule is Cc1cc(=O)oc2cc(OCC(=O)c3ccc(NS(C)(=O)=O)cc3)c(Cl)cc12. The van der Waals surface area contributed by atoms with Gasteiger partial charge in [-0.25, -0.2) is 13.2 Å². The van der Waals surface area contributed by atoms with Crippen molar-refractivity contribution < 1.29 is 22.4 Å². The van der Waals surface area contributed by atoms with Crippen LogP contribution in [-0.4, -0.2) is 27.1 Å². The third kappa shape index (κ3) is 4.71. The second kappa shape index (κ2) is 7.65. The van der Waals surface area contributed by atoms with Crippen LogP contribution in [0, 0.1) is 6.92 Å². The Morgan fingerprint density at radius 1 is 1.18 bits per heavy atom. The van der Waals surface area contributed by atoms with E-state index in [0.29, 0.717) is 22.2 Å². The topological polar surface area (TPSA) is 103 Å². The summed E-state index contributed by atoms with van der Waals surface area (Å²) in [6.45, 7) is 1.47. The first-order chi connectivity index (χ1) is 13.1. The molecule has 3 rings (SSSR count). The van der Waals surface area contributed by atoms with Gasteiger partial charge in [-0.15, -0.1) is 0 Å². The van der Waals surface area contributed by atoms with Gasteiger partial charge in [0.2, 0.25) is 10.0 Å². The summed E-state index contributed by atoms with van der Waals surface area (Å²) in [4.78, 5) is 23.8. The predicted molar refractivity (Wildman–Crippen MR) is 107 cm³/mol. The third-order valence-electron chi connectivity index (χ3n) is 3.87. The maximum Gasteiger partial charge on any atom is 0.336 e. The number of benzene rings is 2. The van der Waals surface area contributed by atoms with E-state index in [-0.39, 0.29) is 23.2 Å². The number of ether oxygens (including phenoxy) is 1. The number of ketones is 1. The third-order valence-corrected chi connectivity index (χ3v) is 4.77. The van der Waals surface area contributed by atoms with Gasteiger partial charge in [-0.1, -0.05) is 11.6 Å². The number of sulfonamides is 1. The molecule has 0 radical (unpaired) electrons. The Bertz CT molecular complexity index is 1220. The van der Waals surface area contributed by atoms with E-state index in [4.69, 9.17) is 20.8 Å². The molecule has 0 fully saturated rings. The van der Waals surface area contributed by atoms with Gasteiger partial charge in [0.05, 0.1) is 11.3 Å². The van der Waals surface area contributed by atoms with Crippen LogP contribution in [0.3, 0.4) is 0 Å². The molecular weight excluding hydrogens is 406 g/mol. The maximum atomic E-state index is 12.3. The van der Waals surface area contributed by atoms with Gasteiger partial charge in [0.25, 0.3) is 0 Å². The Morgan fingerprint density at radius 3 is 2.50 bits per heavy atom. The zero-order chi connectivity index (χ0) is 20.5. The molecule has 0 unspecified atom stereocenters. The fourth-order valence-electron chi connectivity index (χ4n) is 2.60. The van der Waals surface area contributed by atoms with Gasteiger partial charge in [0, 0.05) is 28.8 Å². The molecule has 0 saturated carbocycles. The Balaban J connectivity index is 1.75. The van der Waals surface area contributed by atoms with E-state index in [0.717, 1.165) is 11.8 Å². The molecule has 0 aliphatic carbocycles. The first-order valence-corrected chi connectivity index (χ1v) is 10.4. The van der Waals surface area contributed by atoms with Crippen LogP contribution in [0.25, 0.3) is 11.0 Å². The number of nitrogens with one attached hydrogen (secondary N) is 1. The zero-order valence-electron chi connectivity index (χ0n) is 15.0. The number of Topliss-reactive ketones (excluding diaryl/α,β-unsaturated/α-hetero) is 1. The number of anilines is 1. The summed E-state index contributed by atoms with van der Waals surface area (Å²) < 4.78 is 35.4. The number of fused-ring (bicyclic) bond motifs is 1. The van der Waals surface area contributed by atoms with E-state index in [1.807, 2.05) is 0 Å². The molecular formula is C19H16ClNO6S. The van der Waals surface area contributed by atoms with Crippen LogP contribution < -0.4 is 15.1 Å². The molecule has 1 heterocycles. The Labute approximate surface area is 165 Å². The molecule has 3 aromatic rings. The summed E-state index contributed by atoms with van der Waals surface area (Å²) in [6.07, 6.45) is 1.04. The lowest BCUT2D eigenvalue weighted by Gasteiger charge is -2.10. The van der Waals surface area contributed by atoms with Crippen LogP contribution in [0.15, 0.2) is 51.7 Å². The Hall–Kier alpha value is -2.84. The number of aryl methyl sites for hydroxylation is 1. The summed E-state index contributed by atoms with van der Waals surface area (Å²) >= 11 is 6.21. The number of carbonyl (C=O) groups excluding carboxylic acids is 1. The number of hydrogen-bond donors (Lipinski definition) is 1. The first-order valence-electron chi connectivity index (χ1n) is 8.10. The van der Waals surface area contributed by atoms with Crippen molar-refractivity contribution in [1.82, 2.24) is 0 Å². The van der Waals surface area contributed by atoms with Crippen molar-refractivity contribution in [2.24, 2.45) is 0 Å². The van der Waals surface area contributed by atoms with Crippen molar-refractivity contribution >= 4 is 44.1 Å². The molecule has 1 N–H and O–H groups in total. The van der Waals surface area contributed by atoms with Gasteiger partial charge in [0.1, 0.15) is 11.3 Å². The van der Waals surface area contributed by atoms with E-state index in [9.17, 15) is 18.0 Å². The minimum Gasteiger partial charge on any atom is -0.484 e. The Kier molecular flexibility index (Phi) is 5.44. The van der Waals surface area contributed by atoms with Gasteiger partial charge in [-0.3, -0.25) is 9.52 Å². The molecule has 1 aromatic heterocycles. The standard InChI is InChI=1S/C19H16ClNO6S/c1-11-7-19(23)27-17-9-18(15(20)8-14(11)17)26-10-16(22)12-3-5-13(6-4-12)21-28(2,24)25/h3-9,21H,10H2,1-2H3. The van der Waals surface area contributed by atoms with E-state index >= 15 is 0 Å². The van der Waals surface area contributed by atoms with E-state index in [1.54, 1.807) is 13.0 Å². The predicted octanol–water partition coefficient (Wildman–Crippen LogP) is 3.39. The van der Waals surface area contributed by atoms with Gasteiger partial charge >= 0.3 is 5.63 Å². The van der Waals surface area contributed by atoms with Crippen molar-refractivity contribution in [3.05, 3.63) is 69.0 Å². The number of hydrogen-bond acceptors (Lipinski definition) is 6. The van der Waals surface area contributed by atoms with Crippen molar-refractivity contribution in [3.8, 4) is 5.75 Å². The molecule has 0 aliphatic heterocycles. The smallest absolute Gasteiger partial charge is 0.336 e. The van der Waals surface area contributed by atoms with Gasteiger partial charge in [0.15, 0.2) is 12.4 Å². The van der Waals surface area contributed by atoms with Crippen molar-refractivity contribution in [1.29, 1.82) is 0 Å². The van der Waals surface area contributed by atoms with Crippen LogP contribution in [0.4, 0.5) is 5.69 Å². The fourth-order valence-corrected chi connectivity index (χ4v) is 3.38. The van der Waals surface area contributed by atoms with Crippen molar-refractivity contribution in [2.75, 3.05) is 17.6 Å². The second-order valence-corrected chi connectivity index (χ2v) is 8.35. The second-order valence-electron chi connectivity index (χ2n) is 6.19. The van der Waals surface area contributed by atoms with E-state index in [2.05, 4.69) is 4.72 Å². The number of rotatable bonds is 6. The highest BCUT2D eigenvalue weighted by Crippen LogP contribution is 2.31. The zero-order valence-corrected chi connectivity index (χ0v) is 16.6. The molecule has 0 atom stereocenters. The highest BCUT2D eigenvalue weighted by Gasteiger charge is 2.12. The molecule has 2 aromatic carbocycles. The lowest BCUT2D eigenvalue weighted by Crippen LogP contribution is -2.13. The maximum absolute atomic E-state index is 12.3. The summed E-state index contributed by atoms with van der Waals surface area (Å²) in [5, 5.41) is 0.960. The molecule has 28 heavy (non-hydrogen) atoms. The molecule has 0 spiro atoms. The molecule has 0 saturated heterocycles. The molecule has 0 bridgehead atoms. The fraction of sp³-hybridized carbons (Fsp3) is 0.158. The summed E-state index contributed by atoms with van der Waals surface area (Å²) in [6, 6.07) is 10.4. The quantitative estimate of drug-likeness (QED) is 0.483. The summed E-state index contributed by atoms with van der Waals surface area (Å²) in [5.74, 6) is -0.112. The lowest BCUT2D eigenvalue weighted by molar-refractivity contribution is 0.0921.